The van der Waals surface area contributed by atoms with Crippen LogP contribution in [0.2, 0.25) is 0 Å². The highest BCUT2D eigenvalue weighted by Crippen LogP contribution is 2.20. The van der Waals surface area contributed by atoms with Gasteiger partial charge in [-0.1, -0.05) is 54.6 Å². The van der Waals surface area contributed by atoms with Crippen LogP contribution in [-0.4, -0.2) is 24.1 Å². The minimum Gasteiger partial charge on any atom is -0.398 e. The maximum absolute atomic E-state index is 13.1. The van der Waals surface area contributed by atoms with Gasteiger partial charge in [-0.05, 0) is 36.2 Å². The largest absolute Gasteiger partial charge is 0.398 e. The molecule has 0 aliphatic rings. The van der Waals surface area contributed by atoms with Crippen LogP contribution in [0.3, 0.4) is 0 Å². The second-order valence-corrected chi connectivity index (χ2v) is 6.97. The molecule has 0 bridgehead atoms. The van der Waals surface area contributed by atoms with Gasteiger partial charge in [0, 0.05) is 29.4 Å². The van der Waals surface area contributed by atoms with E-state index < -0.39 is 6.04 Å². The third-order valence-electron chi connectivity index (χ3n) is 4.84. The first-order chi connectivity index (χ1) is 14.5. The van der Waals surface area contributed by atoms with Crippen LogP contribution in [-0.2, 0) is 11.2 Å². The quantitative estimate of drug-likeness (QED) is 0.360. The van der Waals surface area contributed by atoms with Crippen molar-refractivity contribution in [2.75, 3.05) is 11.1 Å². The van der Waals surface area contributed by atoms with E-state index in [0.717, 1.165) is 17.3 Å². The van der Waals surface area contributed by atoms with Crippen molar-refractivity contribution in [3.05, 3.63) is 95.1 Å². The van der Waals surface area contributed by atoms with Crippen LogP contribution < -0.4 is 16.4 Å². The molecule has 0 aliphatic heterocycles. The summed E-state index contributed by atoms with van der Waals surface area (Å²) in [4.78, 5) is 26.0. The zero-order valence-corrected chi connectivity index (χ0v) is 16.7. The lowest BCUT2D eigenvalue weighted by molar-refractivity contribution is -0.118. The number of carbonyl (C=O) groups is 2. The van der Waals surface area contributed by atoms with Crippen molar-refractivity contribution in [3.8, 4) is 0 Å². The molecular formula is C24H24N4O2. The average molecular weight is 400 g/mol. The molecule has 0 aromatic heterocycles. The minimum absolute atomic E-state index is 0.316. The van der Waals surface area contributed by atoms with Gasteiger partial charge in [-0.15, -0.1) is 0 Å². The number of nitrogens with one attached hydrogen (secondary N) is 3. The topological polar surface area (TPSA) is 108 Å². The molecule has 6 heteroatoms. The number of nitrogen functional groups attached to an aromatic ring is 1. The van der Waals surface area contributed by atoms with Crippen molar-refractivity contribution in [1.82, 2.24) is 5.32 Å². The van der Waals surface area contributed by atoms with Crippen LogP contribution >= 0.6 is 0 Å². The lowest BCUT2D eigenvalue weighted by atomic mass is 10.0. The summed E-state index contributed by atoms with van der Waals surface area (Å²) in [5, 5.41) is 13.2. The molecule has 30 heavy (non-hydrogen) atoms. The van der Waals surface area contributed by atoms with Gasteiger partial charge in [-0.25, -0.2) is 0 Å². The molecule has 1 unspecified atom stereocenters. The van der Waals surface area contributed by atoms with E-state index in [1.807, 2.05) is 49.4 Å². The van der Waals surface area contributed by atoms with Gasteiger partial charge in [-0.2, -0.15) is 0 Å². The Morgan fingerprint density at radius 3 is 2.40 bits per heavy atom. The van der Waals surface area contributed by atoms with Gasteiger partial charge in [0.1, 0.15) is 6.04 Å². The predicted molar refractivity (Wildman–Crippen MR) is 120 cm³/mol. The summed E-state index contributed by atoms with van der Waals surface area (Å²) in [6, 6.07) is 21.0. The molecule has 0 saturated heterocycles. The molecule has 5 N–H and O–H groups in total. The number of rotatable bonds is 7. The van der Waals surface area contributed by atoms with Crippen molar-refractivity contribution < 1.29 is 9.59 Å². The Labute approximate surface area is 175 Å². The molecule has 1 atom stereocenters. The van der Waals surface area contributed by atoms with E-state index in [2.05, 4.69) is 10.6 Å². The first-order valence-corrected chi connectivity index (χ1v) is 9.60. The number of amides is 2. The zero-order chi connectivity index (χ0) is 21.5. The number of nitrogens with two attached hydrogens (primary N) is 1. The smallest absolute Gasteiger partial charge is 0.252 e. The third-order valence-corrected chi connectivity index (χ3v) is 4.84. The van der Waals surface area contributed by atoms with Gasteiger partial charge in [0.2, 0.25) is 5.91 Å². The Morgan fingerprint density at radius 2 is 1.70 bits per heavy atom. The molecule has 3 aromatic carbocycles. The number of aryl methyl sites for hydroxylation is 1. The van der Waals surface area contributed by atoms with Crippen molar-refractivity contribution in [3.63, 3.8) is 0 Å². The summed E-state index contributed by atoms with van der Waals surface area (Å²) < 4.78 is 0. The molecule has 0 heterocycles. The van der Waals surface area contributed by atoms with Crippen LogP contribution in [0.15, 0.2) is 72.8 Å². The molecule has 0 spiro atoms. The number of carbonyl (C=O) groups excluding carboxylic acids is 2. The normalized spacial score (nSPS) is 11.4. The Balaban J connectivity index is 1.86. The van der Waals surface area contributed by atoms with Crippen LogP contribution in [0.4, 0.5) is 11.4 Å². The summed E-state index contributed by atoms with van der Waals surface area (Å²) in [6.45, 7) is 1.85. The van der Waals surface area contributed by atoms with Gasteiger partial charge < -0.3 is 21.8 Å². The number of hydrogen-bond acceptors (Lipinski definition) is 4. The Hall–Kier alpha value is -3.93. The third kappa shape index (κ3) is 4.91. The summed E-state index contributed by atoms with van der Waals surface area (Å²) >= 11 is 0. The number of benzene rings is 3. The van der Waals surface area contributed by atoms with E-state index in [9.17, 15) is 9.59 Å². The van der Waals surface area contributed by atoms with Crippen LogP contribution in [0.5, 0.6) is 0 Å². The van der Waals surface area contributed by atoms with E-state index in [1.54, 1.807) is 30.3 Å². The van der Waals surface area contributed by atoms with Gasteiger partial charge >= 0.3 is 0 Å². The molecule has 0 radical (unpaired) electrons. The molecule has 6 nitrogen and oxygen atoms in total. The molecule has 0 aliphatic carbocycles. The van der Waals surface area contributed by atoms with E-state index >= 15 is 0 Å². The summed E-state index contributed by atoms with van der Waals surface area (Å²) in [5.41, 5.74) is 9.43. The van der Waals surface area contributed by atoms with E-state index in [1.165, 1.54) is 0 Å². The van der Waals surface area contributed by atoms with Crippen molar-refractivity contribution in [2.24, 2.45) is 0 Å². The maximum Gasteiger partial charge on any atom is 0.252 e. The van der Waals surface area contributed by atoms with Crippen molar-refractivity contribution in [1.29, 1.82) is 5.41 Å². The zero-order valence-electron chi connectivity index (χ0n) is 16.7. The van der Waals surface area contributed by atoms with Crippen LogP contribution in [0, 0.1) is 12.3 Å². The standard InChI is InChI=1S/C24H24N4O2/c1-16-8-5-6-11-18(16)23(29)28-22(14-17-9-3-2-4-10-17)24(30)27-21-13-7-12-20(26)19(21)15-25/h2-13,15,22,25H,14,26H2,1H3,(H,27,30)(H,28,29). The fourth-order valence-corrected chi connectivity index (χ4v) is 3.20. The van der Waals surface area contributed by atoms with Gasteiger partial charge in [0.05, 0.1) is 5.69 Å². The summed E-state index contributed by atoms with van der Waals surface area (Å²) in [6.07, 6.45) is 1.43. The first kappa shape index (κ1) is 20.8. The second kappa shape index (κ2) is 9.52. The van der Waals surface area contributed by atoms with Crippen molar-refractivity contribution >= 4 is 29.4 Å². The second-order valence-electron chi connectivity index (χ2n) is 6.97. The highest BCUT2D eigenvalue weighted by Gasteiger charge is 2.23. The van der Waals surface area contributed by atoms with Gasteiger partial charge in [-0.3, -0.25) is 9.59 Å². The Kier molecular flexibility index (Phi) is 6.60. The van der Waals surface area contributed by atoms with Crippen LogP contribution in [0.25, 0.3) is 0 Å². The highest BCUT2D eigenvalue weighted by atomic mass is 16.2. The van der Waals surface area contributed by atoms with Crippen LogP contribution in [0.1, 0.15) is 27.0 Å². The van der Waals surface area contributed by atoms with Gasteiger partial charge in [0.25, 0.3) is 5.91 Å². The van der Waals surface area contributed by atoms with E-state index in [-0.39, 0.29) is 11.8 Å². The first-order valence-electron chi connectivity index (χ1n) is 9.60. The fourth-order valence-electron chi connectivity index (χ4n) is 3.20. The molecule has 0 fully saturated rings. The SMILES string of the molecule is Cc1ccccc1C(=O)NC(Cc1ccccc1)C(=O)Nc1cccc(N)c1C=N. The number of anilines is 2. The minimum atomic E-state index is -0.806. The highest BCUT2D eigenvalue weighted by molar-refractivity contribution is 6.04. The van der Waals surface area contributed by atoms with Crippen molar-refractivity contribution in [2.45, 2.75) is 19.4 Å². The molecule has 2 amide bonds. The average Bonchev–Trinajstić information content (AvgIpc) is 2.74. The molecule has 3 rings (SSSR count). The Bertz CT molecular complexity index is 1060. The van der Waals surface area contributed by atoms with Gasteiger partial charge in [0.15, 0.2) is 0 Å². The molecule has 152 valence electrons. The Morgan fingerprint density at radius 1 is 1.00 bits per heavy atom. The molecule has 0 saturated carbocycles. The lowest BCUT2D eigenvalue weighted by Crippen LogP contribution is -2.45. The number of hydrogen-bond donors (Lipinski definition) is 4. The lowest BCUT2D eigenvalue weighted by Gasteiger charge is -2.20. The summed E-state index contributed by atoms with van der Waals surface area (Å²) in [5.74, 6) is -0.696. The predicted octanol–water partition coefficient (Wildman–Crippen LogP) is 3.55. The summed E-state index contributed by atoms with van der Waals surface area (Å²) in [7, 11) is 0. The molecular weight excluding hydrogens is 376 g/mol. The fraction of sp³-hybridized carbons (Fsp3) is 0.125. The maximum atomic E-state index is 13.1. The van der Waals surface area contributed by atoms with E-state index in [4.69, 9.17) is 11.1 Å². The molecule has 3 aromatic rings. The monoisotopic (exact) mass is 400 g/mol. The van der Waals surface area contributed by atoms with E-state index in [0.29, 0.717) is 28.9 Å².